The molecule has 0 aliphatic carbocycles. The number of aryl methyl sites for hydroxylation is 2. The zero-order valence-electron chi connectivity index (χ0n) is 47.5. The molecule has 4 aromatic carbocycles. The Bertz CT molecular complexity index is 3590. The van der Waals surface area contributed by atoms with Crippen molar-refractivity contribution < 1.29 is 66.3 Å². The van der Waals surface area contributed by atoms with Crippen LogP contribution >= 0.6 is 18.9 Å². The van der Waals surface area contributed by atoms with E-state index in [1.54, 1.807) is 44.5 Å². The number of likely N-dealkylation sites (tertiary alicyclic amines) is 1. The summed E-state index contributed by atoms with van der Waals surface area (Å²) in [6.07, 6.45) is -0.0902. The molecule has 9 rings (SSSR count). The average molecular weight is 1200 g/mol. The Balaban J connectivity index is 0.860. The van der Waals surface area contributed by atoms with Gasteiger partial charge in [-0.2, -0.15) is 8.78 Å². The molecule has 3 aliphatic rings. The molecule has 446 valence electrons. The van der Waals surface area contributed by atoms with Crippen LogP contribution in [-0.2, 0) is 34.2 Å². The van der Waals surface area contributed by atoms with Crippen molar-refractivity contribution >= 4 is 82.0 Å². The number of nitrogens with zero attached hydrogens (tertiary/aromatic N) is 6. The molecular formula is C59H68F2N9O12PS. The predicted molar refractivity (Wildman–Crippen MR) is 307 cm³/mol. The molecular weight excluding hydrogens is 1130 g/mol. The third kappa shape index (κ3) is 12.8. The third-order valence-corrected chi connectivity index (χ3v) is 18.0. The minimum Gasteiger partial charge on any atom is -0.391 e. The lowest BCUT2D eigenvalue weighted by Crippen LogP contribution is -2.61. The highest BCUT2D eigenvalue weighted by Crippen LogP contribution is 2.59. The van der Waals surface area contributed by atoms with Gasteiger partial charge in [-0.25, -0.2) is 4.98 Å². The fourth-order valence-electron chi connectivity index (χ4n) is 11.3. The summed E-state index contributed by atoms with van der Waals surface area (Å²) in [7, 11) is -4.39. The van der Waals surface area contributed by atoms with Gasteiger partial charge in [-0.1, -0.05) is 80.0 Å². The van der Waals surface area contributed by atoms with Gasteiger partial charge in [0.05, 0.1) is 40.2 Å². The second-order valence-electron chi connectivity index (χ2n) is 23.2. The number of aromatic nitrogens is 2. The van der Waals surface area contributed by atoms with Crippen molar-refractivity contribution in [2.24, 2.45) is 5.41 Å². The fraction of sp³-hybridized carbons (Fsp3) is 0.441. The van der Waals surface area contributed by atoms with Crippen LogP contribution in [0.5, 0.6) is 0 Å². The van der Waals surface area contributed by atoms with Crippen LogP contribution in [0.4, 0.5) is 8.78 Å². The van der Waals surface area contributed by atoms with Crippen LogP contribution < -0.4 is 16.0 Å². The van der Waals surface area contributed by atoms with Gasteiger partial charge in [-0.15, -0.1) is 11.3 Å². The molecule has 3 aliphatic heterocycles. The Morgan fingerprint density at radius 2 is 1.63 bits per heavy atom. The molecule has 3 fully saturated rings. The number of thiazole rings is 1. The second-order valence-corrected chi connectivity index (χ2v) is 25.7. The van der Waals surface area contributed by atoms with E-state index in [2.05, 4.69) is 26.1 Å². The molecule has 6 N–H and O–H groups in total. The van der Waals surface area contributed by atoms with E-state index in [9.17, 15) is 57.0 Å². The van der Waals surface area contributed by atoms with Crippen molar-refractivity contribution in [2.75, 3.05) is 33.2 Å². The molecule has 84 heavy (non-hydrogen) atoms. The molecule has 3 saturated heterocycles. The largest absolute Gasteiger partial charge is 0.399 e. The average Bonchev–Trinajstić information content (AvgIpc) is 2.39. The van der Waals surface area contributed by atoms with Gasteiger partial charge >= 0.3 is 13.3 Å². The van der Waals surface area contributed by atoms with Gasteiger partial charge in [-0.3, -0.25) is 38.1 Å². The van der Waals surface area contributed by atoms with Crippen molar-refractivity contribution in [3.8, 4) is 10.4 Å². The lowest BCUT2D eigenvalue weighted by Gasteiger charge is -2.39. The van der Waals surface area contributed by atoms with Gasteiger partial charge in [0, 0.05) is 56.7 Å². The lowest BCUT2D eigenvalue weighted by molar-refractivity contribution is -0.147. The van der Waals surface area contributed by atoms with E-state index in [1.807, 2.05) is 45.0 Å². The maximum Gasteiger partial charge on any atom is 0.399 e. The van der Waals surface area contributed by atoms with E-state index in [0.717, 1.165) is 39.4 Å². The summed E-state index contributed by atoms with van der Waals surface area (Å²) in [5.41, 5.74) is -0.727. The smallest absolute Gasteiger partial charge is 0.391 e. The number of amides is 7. The van der Waals surface area contributed by atoms with Crippen molar-refractivity contribution in [2.45, 2.75) is 128 Å². The number of nitrogens with one attached hydrogen (secondary N) is 3. The number of alkyl halides is 2. The first-order valence-electron chi connectivity index (χ1n) is 27.7. The molecule has 0 saturated carbocycles. The first-order valence-corrected chi connectivity index (χ1v) is 30.2. The number of hydrogen-bond donors (Lipinski definition) is 6. The molecule has 21 nitrogen and oxygen atoms in total. The molecule has 0 radical (unpaired) electrons. The summed E-state index contributed by atoms with van der Waals surface area (Å²) in [6, 6.07) is 14.4. The highest BCUT2D eigenvalue weighted by atomic mass is 32.1. The summed E-state index contributed by atoms with van der Waals surface area (Å²) in [4.78, 5) is 130. The topological polar surface area (TPSA) is 285 Å². The Morgan fingerprint density at radius 3 is 2.32 bits per heavy atom. The SMILES string of the molecule is Cc1ccc2onc(C(=O)N3CC[C@H]4CC[C@@H](C(=O)N(C)CCCC(=O)N[C@H](C(=O)N5C[C@H](O)C[C@H]5C(=O)N[C@@H](C)c5ccc(-c6scnc6C)cc5)C(C)(C)C)N4C(=O)[C@@H](NC(=O)c4ccc5ccc(C(F)(F)P(=O)(O)O)cc5c4)C3)c2c1. The summed E-state index contributed by atoms with van der Waals surface area (Å²) in [5.74, 6) is -4.02. The monoisotopic (exact) mass is 1200 g/mol. The summed E-state index contributed by atoms with van der Waals surface area (Å²) < 4.78 is 46.8. The molecule has 25 heteroatoms. The van der Waals surface area contributed by atoms with Gasteiger partial charge in [0.25, 0.3) is 11.8 Å². The zero-order valence-corrected chi connectivity index (χ0v) is 49.2. The minimum atomic E-state index is -5.93. The second kappa shape index (κ2) is 24.2. The van der Waals surface area contributed by atoms with Gasteiger partial charge in [-0.05, 0) is 104 Å². The number of likely N-dealkylation sites (N-methyl/N-ethyl adjacent to an activating group) is 1. The third-order valence-electron chi connectivity index (χ3n) is 16.0. The predicted octanol–water partition coefficient (Wildman–Crippen LogP) is 6.56. The number of benzene rings is 4. The zero-order chi connectivity index (χ0) is 60.7. The lowest BCUT2D eigenvalue weighted by atomic mass is 9.85. The van der Waals surface area contributed by atoms with E-state index in [0.29, 0.717) is 22.8 Å². The number of aliphatic hydroxyl groups is 1. The van der Waals surface area contributed by atoms with Crippen LogP contribution in [0.2, 0.25) is 0 Å². The molecule has 6 aromatic rings. The van der Waals surface area contributed by atoms with Gasteiger partial charge in [0.1, 0.15) is 24.2 Å². The van der Waals surface area contributed by atoms with Crippen LogP contribution in [0.25, 0.3) is 32.2 Å². The van der Waals surface area contributed by atoms with E-state index < -0.39 is 108 Å². The Hall–Kier alpha value is -7.50. The molecule has 5 heterocycles. The van der Waals surface area contributed by atoms with Crippen LogP contribution in [0.3, 0.4) is 0 Å². The number of carbonyl (C=O) groups is 7. The molecule has 7 atom stereocenters. The summed E-state index contributed by atoms with van der Waals surface area (Å²) in [6.45, 7) is 10.6. The summed E-state index contributed by atoms with van der Waals surface area (Å²) >= 11 is 1.54. The van der Waals surface area contributed by atoms with E-state index >= 15 is 4.79 Å². The highest BCUT2D eigenvalue weighted by molar-refractivity contribution is 7.52. The molecule has 0 unspecified atom stereocenters. The Labute approximate surface area is 487 Å². The first kappa shape index (κ1) is 61.1. The van der Waals surface area contributed by atoms with Gasteiger partial charge in [0.15, 0.2) is 11.3 Å². The van der Waals surface area contributed by atoms with Crippen LogP contribution in [0.1, 0.15) is 115 Å². The Kier molecular flexibility index (Phi) is 17.6. The summed E-state index contributed by atoms with van der Waals surface area (Å²) in [5, 5.41) is 24.3. The molecule has 7 amide bonds. The van der Waals surface area contributed by atoms with Gasteiger partial charge < -0.3 is 55.0 Å². The van der Waals surface area contributed by atoms with Crippen molar-refractivity contribution in [1.82, 2.24) is 45.7 Å². The minimum absolute atomic E-state index is 0.00532. The quantitative estimate of drug-likeness (QED) is 0.0560. The normalized spacial score (nSPS) is 20.3. The number of carbonyl (C=O) groups excluding carboxylic acids is 7. The van der Waals surface area contributed by atoms with E-state index in [4.69, 9.17) is 4.52 Å². The van der Waals surface area contributed by atoms with Crippen LogP contribution in [0.15, 0.2) is 88.9 Å². The van der Waals surface area contributed by atoms with Crippen LogP contribution in [0, 0.1) is 19.3 Å². The highest BCUT2D eigenvalue weighted by Gasteiger charge is 2.51. The number of hydrogen-bond acceptors (Lipinski definition) is 13. The van der Waals surface area contributed by atoms with Crippen LogP contribution in [-0.4, -0.2) is 156 Å². The molecule has 2 aromatic heterocycles. The number of fused-ring (bicyclic) bond motifs is 3. The first-order chi connectivity index (χ1) is 39.6. The van der Waals surface area contributed by atoms with E-state index in [-0.39, 0.29) is 74.9 Å². The fourth-order valence-corrected chi connectivity index (χ4v) is 12.6. The Morgan fingerprint density at radius 1 is 0.905 bits per heavy atom. The van der Waals surface area contributed by atoms with Crippen molar-refractivity contribution in [3.05, 3.63) is 118 Å². The van der Waals surface area contributed by atoms with E-state index in [1.165, 1.54) is 62.2 Å². The number of halogens is 2. The number of rotatable bonds is 16. The maximum absolute atomic E-state index is 15.0. The number of β-amino-alcohol motifs (C(OH)–C–C–N with tert-alkyl or cyclic N) is 1. The van der Waals surface area contributed by atoms with Gasteiger partial charge in [0.2, 0.25) is 29.5 Å². The maximum atomic E-state index is 15.0. The standard InChI is InChI=1S/C59H68F2N9O12PS/c1-32-10-21-47-43(25-32)49(66-82-47)56(77)68-24-22-41-19-20-45(70(41)54(75)44(30-68)64-52(73)38-16-13-36-17-18-40(27-39(36)26-38)59(60,61)83(79,80)81)55(76)67(7)23-8-9-48(72)65-51(58(4,5)6)57(78)69-29-42(71)28-46(69)53(74)63-33(2)35-11-14-37(15-12-35)50-34(3)62-31-84-50/h10-18,21,25-27,31,33,41-42,44-46,51,71H,8-9,19-20,22-24,28-30H2,1-7H3,(H,63,74)(H,64,73)(H,65,72)(H2,79,80,81)/t33-,41+,42+,44-,45-,46-,51+/m0/s1. The molecule has 0 bridgehead atoms. The van der Waals surface area contributed by atoms with Crippen molar-refractivity contribution in [1.29, 1.82) is 0 Å². The molecule has 0 spiro atoms. The number of aliphatic hydroxyl groups excluding tert-OH is 1. The van der Waals surface area contributed by atoms with Crippen molar-refractivity contribution in [3.63, 3.8) is 0 Å².